The number of nitrogens with one attached hydrogen (secondary N) is 1. The van der Waals surface area contributed by atoms with E-state index in [1.165, 1.54) is 19.2 Å². The standard InChI is InChI=1S/C19H20ClFN2O3/c1-25-17-7-4-14(20)10-16(17)22-19(24)12-23-8-9-26-18(11-23)13-2-5-15(21)6-3-13/h2-7,10,18H,8-9,11-12H2,1H3,(H,22,24). The van der Waals surface area contributed by atoms with E-state index in [9.17, 15) is 9.18 Å². The quantitative estimate of drug-likeness (QED) is 0.865. The summed E-state index contributed by atoms with van der Waals surface area (Å²) in [6, 6.07) is 11.3. The predicted molar refractivity (Wildman–Crippen MR) is 98.2 cm³/mol. The van der Waals surface area contributed by atoms with Gasteiger partial charge in [0.1, 0.15) is 11.6 Å². The highest BCUT2D eigenvalue weighted by Gasteiger charge is 2.23. The van der Waals surface area contributed by atoms with Gasteiger partial charge in [-0.25, -0.2) is 4.39 Å². The maximum absolute atomic E-state index is 13.1. The lowest BCUT2D eigenvalue weighted by Gasteiger charge is -2.32. The minimum absolute atomic E-state index is 0.162. The number of hydrogen-bond donors (Lipinski definition) is 1. The Labute approximate surface area is 156 Å². The summed E-state index contributed by atoms with van der Waals surface area (Å²) in [5.74, 6) is 0.107. The summed E-state index contributed by atoms with van der Waals surface area (Å²) in [5.41, 5.74) is 1.43. The number of rotatable bonds is 5. The number of carbonyl (C=O) groups is 1. The first-order valence-corrected chi connectivity index (χ1v) is 8.66. The number of methoxy groups -OCH3 is 1. The molecule has 2 aromatic carbocycles. The molecule has 1 aliphatic rings. The van der Waals surface area contributed by atoms with Crippen LogP contribution in [0, 0.1) is 5.82 Å². The Hall–Kier alpha value is -2.15. The van der Waals surface area contributed by atoms with Gasteiger partial charge >= 0.3 is 0 Å². The van der Waals surface area contributed by atoms with Crippen molar-refractivity contribution in [3.05, 3.63) is 58.9 Å². The number of anilines is 1. The third-order valence-corrected chi connectivity index (χ3v) is 4.43. The van der Waals surface area contributed by atoms with Crippen molar-refractivity contribution in [1.82, 2.24) is 4.90 Å². The maximum atomic E-state index is 13.1. The van der Waals surface area contributed by atoms with Crippen molar-refractivity contribution >= 4 is 23.2 Å². The van der Waals surface area contributed by atoms with Crippen LogP contribution in [0.4, 0.5) is 10.1 Å². The van der Waals surface area contributed by atoms with Crippen LogP contribution in [-0.2, 0) is 9.53 Å². The van der Waals surface area contributed by atoms with Crippen molar-refractivity contribution in [2.24, 2.45) is 0 Å². The summed E-state index contributed by atoms with van der Waals surface area (Å²) >= 11 is 5.99. The zero-order valence-electron chi connectivity index (χ0n) is 14.4. The fraction of sp³-hybridized carbons (Fsp3) is 0.316. The van der Waals surface area contributed by atoms with E-state index < -0.39 is 0 Å². The SMILES string of the molecule is COc1ccc(Cl)cc1NC(=O)CN1CCOC(c2ccc(F)cc2)C1. The number of carbonyl (C=O) groups excluding carboxylic acids is 1. The van der Waals surface area contributed by atoms with E-state index in [4.69, 9.17) is 21.1 Å². The molecule has 1 N–H and O–H groups in total. The molecule has 1 unspecified atom stereocenters. The van der Waals surface area contributed by atoms with Crippen molar-refractivity contribution in [3.63, 3.8) is 0 Å². The third-order valence-electron chi connectivity index (χ3n) is 4.20. The lowest BCUT2D eigenvalue weighted by atomic mass is 10.1. The lowest BCUT2D eigenvalue weighted by Crippen LogP contribution is -2.42. The van der Waals surface area contributed by atoms with Crippen molar-refractivity contribution in [3.8, 4) is 5.75 Å². The van der Waals surface area contributed by atoms with E-state index in [-0.39, 0.29) is 24.4 Å². The molecule has 3 rings (SSSR count). The number of ether oxygens (including phenoxy) is 2. The second kappa shape index (κ2) is 8.49. The average Bonchev–Trinajstić information content (AvgIpc) is 2.62. The molecule has 0 aliphatic carbocycles. The van der Waals surface area contributed by atoms with Crippen LogP contribution < -0.4 is 10.1 Å². The number of benzene rings is 2. The van der Waals surface area contributed by atoms with Crippen LogP contribution in [0.1, 0.15) is 11.7 Å². The van der Waals surface area contributed by atoms with Crippen LogP contribution >= 0.6 is 11.6 Å². The number of nitrogens with zero attached hydrogens (tertiary/aromatic N) is 1. The Morgan fingerprint density at radius 1 is 1.35 bits per heavy atom. The van der Waals surface area contributed by atoms with Gasteiger partial charge in [-0.2, -0.15) is 0 Å². The van der Waals surface area contributed by atoms with Gasteiger partial charge in [-0.3, -0.25) is 9.69 Å². The van der Waals surface area contributed by atoms with E-state index in [0.29, 0.717) is 36.2 Å². The number of morpholine rings is 1. The highest BCUT2D eigenvalue weighted by molar-refractivity contribution is 6.31. The first-order chi connectivity index (χ1) is 12.5. The summed E-state index contributed by atoms with van der Waals surface area (Å²) in [6.45, 7) is 1.94. The summed E-state index contributed by atoms with van der Waals surface area (Å²) in [6.07, 6.45) is -0.183. The molecule has 1 saturated heterocycles. The van der Waals surface area contributed by atoms with Crippen molar-refractivity contribution in [2.75, 3.05) is 38.7 Å². The molecular formula is C19H20ClFN2O3. The predicted octanol–water partition coefficient (Wildman–Crippen LogP) is 3.50. The molecule has 1 amide bonds. The summed E-state index contributed by atoms with van der Waals surface area (Å²) < 4.78 is 24.1. The molecule has 0 spiro atoms. The zero-order chi connectivity index (χ0) is 18.5. The molecule has 1 aliphatic heterocycles. The van der Waals surface area contributed by atoms with E-state index in [1.807, 2.05) is 4.90 Å². The lowest BCUT2D eigenvalue weighted by molar-refractivity contribution is -0.119. The van der Waals surface area contributed by atoms with Gasteiger partial charge in [0.05, 0.1) is 32.1 Å². The van der Waals surface area contributed by atoms with Crippen LogP contribution in [0.3, 0.4) is 0 Å². The summed E-state index contributed by atoms with van der Waals surface area (Å²) in [4.78, 5) is 14.4. The van der Waals surface area contributed by atoms with Gasteiger partial charge in [-0.1, -0.05) is 23.7 Å². The monoisotopic (exact) mass is 378 g/mol. The molecule has 5 nitrogen and oxygen atoms in total. The molecule has 138 valence electrons. The summed E-state index contributed by atoms with van der Waals surface area (Å²) in [5, 5.41) is 3.35. The van der Waals surface area contributed by atoms with Crippen LogP contribution in [-0.4, -0.2) is 44.2 Å². The van der Waals surface area contributed by atoms with Gasteiger partial charge in [0.25, 0.3) is 0 Å². The maximum Gasteiger partial charge on any atom is 0.238 e. The van der Waals surface area contributed by atoms with Crippen molar-refractivity contribution in [1.29, 1.82) is 0 Å². The topological polar surface area (TPSA) is 50.8 Å². The van der Waals surface area contributed by atoms with Crippen LogP contribution in [0.2, 0.25) is 5.02 Å². The fourth-order valence-corrected chi connectivity index (χ4v) is 3.07. The van der Waals surface area contributed by atoms with Gasteiger partial charge in [0, 0.05) is 18.1 Å². The number of hydrogen-bond acceptors (Lipinski definition) is 4. The number of amides is 1. The molecule has 0 saturated carbocycles. The van der Waals surface area contributed by atoms with Crippen LogP contribution in [0.25, 0.3) is 0 Å². The number of halogens is 2. The largest absolute Gasteiger partial charge is 0.495 e. The molecule has 2 aromatic rings. The first-order valence-electron chi connectivity index (χ1n) is 8.28. The van der Waals surface area contributed by atoms with E-state index >= 15 is 0 Å². The van der Waals surface area contributed by atoms with Gasteiger partial charge in [0.2, 0.25) is 5.91 Å². The second-order valence-corrected chi connectivity index (χ2v) is 6.48. The minimum atomic E-state index is -0.281. The van der Waals surface area contributed by atoms with Crippen molar-refractivity contribution < 1.29 is 18.7 Å². The molecule has 26 heavy (non-hydrogen) atoms. The molecule has 7 heteroatoms. The Kier molecular flexibility index (Phi) is 6.08. The highest BCUT2D eigenvalue weighted by atomic mass is 35.5. The van der Waals surface area contributed by atoms with Crippen LogP contribution in [0.15, 0.2) is 42.5 Å². The van der Waals surface area contributed by atoms with E-state index in [2.05, 4.69) is 5.32 Å². The Balaban J connectivity index is 1.60. The normalized spacial score (nSPS) is 17.7. The van der Waals surface area contributed by atoms with Gasteiger partial charge in [-0.05, 0) is 35.9 Å². The van der Waals surface area contributed by atoms with Gasteiger partial charge in [-0.15, -0.1) is 0 Å². The van der Waals surface area contributed by atoms with E-state index in [0.717, 1.165) is 5.56 Å². The van der Waals surface area contributed by atoms with Gasteiger partial charge < -0.3 is 14.8 Å². The third kappa shape index (κ3) is 4.72. The van der Waals surface area contributed by atoms with E-state index in [1.54, 1.807) is 30.3 Å². The zero-order valence-corrected chi connectivity index (χ0v) is 15.1. The second-order valence-electron chi connectivity index (χ2n) is 6.04. The first kappa shape index (κ1) is 18.6. The van der Waals surface area contributed by atoms with Gasteiger partial charge in [0.15, 0.2) is 0 Å². The average molecular weight is 379 g/mol. The Morgan fingerprint density at radius 3 is 2.85 bits per heavy atom. The Morgan fingerprint density at radius 2 is 2.12 bits per heavy atom. The molecule has 0 aromatic heterocycles. The smallest absolute Gasteiger partial charge is 0.238 e. The Bertz CT molecular complexity index is 770. The summed E-state index contributed by atoms with van der Waals surface area (Å²) in [7, 11) is 1.54. The molecular weight excluding hydrogens is 359 g/mol. The molecule has 1 heterocycles. The molecule has 0 radical (unpaired) electrons. The highest BCUT2D eigenvalue weighted by Crippen LogP contribution is 2.28. The molecule has 1 fully saturated rings. The van der Waals surface area contributed by atoms with Crippen molar-refractivity contribution in [2.45, 2.75) is 6.10 Å². The molecule has 0 bridgehead atoms. The molecule has 1 atom stereocenters. The fourth-order valence-electron chi connectivity index (χ4n) is 2.90. The minimum Gasteiger partial charge on any atom is -0.495 e. The van der Waals surface area contributed by atoms with Crippen LogP contribution in [0.5, 0.6) is 5.75 Å².